The first kappa shape index (κ1) is 15.0. The summed E-state index contributed by atoms with van der Waals surface area (Å²) < 4.78 is 29.7. The van der Waals surface area contributed by atoms with Crippen molar-refractivity contribution in [3.8, 4) is 11.8 Å². The molecule has 6 heteroatoms. The number of nitrogens with zero attached hydrogens (tertiary/aromatic N) is 2. The molecule has 2 rings (SSSR count). The fraction of sp³-hybridized carbons (Fsp3) is 0.200. The molecule has 0 unspecified atom stereocenters. The highest BCUT2D eigenvalue weighted by molar-refractivity contribution is 7.87. The van der Waals surface area contributed by atoms with Gasteiger partial charge in [-0.15, -0.1) is 0 Å². The Bertz CT molecular complexity index is 791. The monoisotopic (exact) mass is 302 g/mol. The summed E-state index contributed by atoms with van der Waals surface area (Å²) in [6.45, 7) is 3.71. The minimum Gasteiger partial charge on any atom is -0.376 e. The molecule has 0 atom stereocenters. The Hall–Kier alpha value is -2.39. The molecule has 0 saturated carbocycles. The second-order valence-electron chi connectivity index (χ2n) is 4.46. The lowest BCUT2D eigenvalue weighted by molar-refractivity contribution is 0.481. The third-order valence-corrected chi connectivity index (χ3v) is 4.21. The van der Waals surface area contributed by atoms with Crippen molar-refractivity contribution >= 4 is 10.1 Å². The molecule has 0 fully saturated rings. The van der Waals surface area contributed by atoms with E-state index in [-0.39, 0.29) is 16.3 Å². The van der Waals surface area contributed by atoms with Crippen LogP contribution in [0.1, 0.15) is 23.7 Å². The molecule has 2 aromatic rings. The zero-order valence-corrected chi connectivity index (χ0v) is 12.5. The molecule has 0 bridgehead atoms. The molecule has 21 heavy (non-hydrogen) atoms. The van der Waals surface area contributed by atoms with Crippen molar-refractivity contribution < 1.29 is 12.6 Å². The molecule has 1 aromatic heterocycles. The molecular formula is C15H14N2O3S. The quantitative estimate of drug-likeness (QED) is 0.811. The molecule has 1 aromatic carbocycles. The van der Waals surface area contributed by atoms with Gasteiger partial charge in [0, 0.05) is 11.8 Å². The molecule has 5 nitrogen and oxygen atoms in total. The van der Waals surface area contributed by atoms with Crippen molar-refractivity contribution in [3.63, 3.8) is 0 Å². The normalized spacial score (nSPS) is 10.9. The summed E-state index contributed by atoms with van der Waals surface area (Å²) in [6.07, 6.45) is 2.00. The number of rotatable bonds is 4. The van der Waals surface area contributed by atoms with Crippen LogP contribution >= 0.6 is 0 Å². The van der Waals surface area contributed by atoms with E-state index in [2.05, 4.69) is 4.98 Å². The van der Waals surface area contributed by atoms with E-state index in [4.69, 9.17) is 9.44 Å². The first-order valence-corrected chi connectivity index (χ1v) is 7.78. The molecule has 1 heterocycles. The standard InChI is InChI=1S/C15H14N2O3S/c1-3-12-8-9-17-14(10-16)15(12)20-21(18,19)13-6-4-11(2)5-7-13/h4-9H,3H2,1-2H3. The molecule has 0 amide bonds. The van der Waals surface area contributed by atoms with Crippen LogP contribution in [-0.4, -0.2) is 13.4 Å². The van der Waals surface area contributed by atoms with Crippen molar-refractivity contribution in [1.29, 1.82) is 5.26 Å². The topological polar surface area (TPSA) is 80.0 Å². The predicted octanol–water partition coefficient (Wildman–Crippen LogP) is 2.59. The zero-order chi connectivity index (χ0) is 15.5. The Balaban J connectivity index is 2.46. The van der Waals surface area contributed by atoms with Crippen LogP contribution in [0.3, 0.4) is 0 Å². The number of hydrogen-bond donors (Lipinski definition) is 0. The number of aryl methyl sites for hydroxylation is 2. The van der Waals surface area contributed by atoms with Gasteiger partial charge in [0.05, 0.1) is 0 Å². The average Bonchev–Trinajstić information content (AvgIpc) is 2.47. The fourth-order valence-electron chi connectivity index (χ4n) is 1.80. The van der Waals surface area contributed by atoms with E-state index in [9.17, 15) is 8.42 Å². The summed E-state index contributed by atoms with van der Waals surface area (Å²) in [5.74, 6) is 0.00285. The second-order valence-corrected chi connectivity index (χ2v) is 6.01. The maximum absolute atomic E-state index is 12.3. The summed E-state index contributed by atoms with van der Waals surface area (Å²) in [5.41, 5.74) is 1.53. The molecule has 0 aliphatic carbocycles. The summed E-state index contributed by atoms with van der Waals surface area (Å²) in [6, 6.07) is 9.81. The minimum absolute atomic E-state index is 0.00285. The van der Waals surface area contributed by atoms with E-state index < -0.39 is 10.1 Å². The summed E-state index contributed by atoms with van der Waals surface area (Å²) in [4.78, 5) is 3.89. The molecule has 0 aliphatic rings. The summed E-state index contributed by atoms with van der Waals surface area (Å²) in [7, 11) is -3.99. The first-order valence-electron chi connectivity index (χ1n) is 6.37. The van der Waals surface area contributed by atoms with Gasteiger partial charge in [0.1, 0.15) is 11.0 Å². The lowest BCUT2D eigenvalue weighted by atomic mass is 10.1. The van der Waals surface area contributed by atoms with Gasteiger partial charge >= 0.3 is 10.1 Å². The number of hydrogen-bond acceptors (Lipinski definition) is 5. The zero-order valence-electron chi connectivity index (χ0n) is 11.7. The van der Waals surface area contributed by atoms with E-state index >= 15 is 0 Å². The van der Waals surface area contributed by atoms with Gasteiger partial charge in [0.2, 0.25) is 0 Å². The summed E-state index contributed by atoms with van der Waals surface area (Å²) >= 11 is 0. The van der Waals surface area contributed by atoms with Gasteiger partial charge in [-0.05, 0) is 31.5 Å². The van der Waals surface area contributed by atoms with Crippen molar-refractivity contribution in [2.24, 2.45) is 0 Å². The van der Waals surface area contributed by atoms with Crippen molar-refractivity contribution in [3.05, 3.63) is 53.3 Å². The minimum atomic E-state index is -3.99. The Morgan fingerprint density at radius 3 is 2.48 bits per heavy atom. The first-order chi connectivity index (χ1) is 9.97. The number of nitriles is 1. The summed E-state index contributed by atoms with van der Waals surface area (Å²) in [5, 5.41) is 9.05. The predicted molar refractivity (Wildman–Crippen MR) is 77.3 cm³/mol. The van der Waals surface area contributed by atoms with Crippen LogP contribution in [0.2, 0.25) is 0 Å². The van der Waals surface area contributed by atoms with Crippen LogP contribution in [0.4, 0.5) is 0 Å². The van der Waals surface area contributed by atoms with Gasteiger partial charge in [0.25, 0.3) is 0 Å². The average molecular weight is 302 g/mol. The van der Waals surface area contributed by atoms with E-state index in [0.717, 1.165) is 5.56 Å². The highest BCUT2D eigenvalue weighted by Gasteiger charge is 2.21. The van der Waals surface area contributed by atoms with Gasteiger partial charge in [-0.1, -0.05) is 24.6 Å². The molecule has 0 saturated heterocycles. The van der Waals surface area contributed by atoms with Crippen LogP contribution in [0, 0.1) is 18.3 Å². The lowest BCUT2D eigenvalue weighted by Crippen LogP contribution is -2.12. The smallest absolute Gasteiger partial charge is 0.339 e. The van der Waals surface area contributed by atoms with Gasteiger partial charge in [-0.3, -0.25) is 0 Å². The molecule has 0 aliphatic heterocycles. The molecule has 108 valence electrons. The van der Waals surface area contributed by atoms with E-state index in [1.54, 1.807) is 18.2 Å². The highest BCUT2D eigenvalue weighted by Crippen LogP contribution is 2.26. The van der Waals surface area contributed by atoms with Crippen molar-refractivity contribution in [2.45, 2.75) is 25.2 Å². The maximum Gasteiger partial charge on any atom is 0.339 e. The number of benzene rings is 1. The van der Waals surface area contributed by atoms with Gasteiger partial charge in [-0.25, -0.2) is 4.98 Å². The van der Waals surface area contributed by atoms with E-state index in [1.165, 1.54) is 18.3 Å². The van der Waals surface area contributed by atoms with Gasteiger partial charge in [0.15, 0.2) is 11.4 Å². The maximum atomic E-state index is 12.3. The third-order valence-electron chi connectivity index (χ3n) is 2.98. The highest BCUT2D eigenvalue weighted by atomic mass is 32.2. The van der Waals surface area contributed by atoms with Crippen LogP contribution in [0.15, 0.2) is 41.4 Å². The van der Waals surface area contributed by atoms with Crippen LogP contribution < -0.4 is 4.18 Å². The van der Waals surface area contributed by atoms with Crippen molar-refractivity contribution in [2.75, 3.05) is 0 Å². The number of pyridine rings is 1. The molecular weight excluding hydrogens is 288 g/mol. The Labute approximate surface area is 124 Å². The van der Waals surface area contributed by atoms with E-state index in [1.807, 2.05) is 19.9 Å². The van der Waals surface area contributed by atoms with Gasteiger partial charge in [-0.2, -0.15) is 13.7 Å². The third kappa shape index (κ3) is 3.20. The Morgan fingerprint density at radius 1 is 1.24 bits per heavy atom. The van der Waals surface area contributed by atoms with Crippen LogP contribution in [-0.2, 0) is 16.5 Å². The molecule has 0 N–H and O–H groups in total. The van der Waals surface area contributed by atoms with Crippen LogP contribution in [0.5, 0.6) is 5.75 Å². The van der Waals surface area contributed by atoms with E-state index in [0.29, 0.717) is 12.0 Å². The molecule has 0 radical (unpaired) electrons. The van der Waals surface area contributed by atoms with Crippen molar-refractivity contribution in [1.82, 2.24) is 4.98 Å². The lowest BCUT2D eigenvalue weighted by Gasteiger charge is -2.11. The Morgan fingerprint density at radius 2 is 1.90 bits per heavy atom. The molecule has 0 spiro atoms. The number of aromatic nitrogens is 1. The van der Waals surface area contributed by atoms with Crippen LogP contribution in [0.25, 0.3) is 0 Å². The largest absolute Gasteiger partial charge is 0.376 e. The van der Waals surface area contributed by atoms with Gasteiger partial charge < -0.3 is 4.18 Å². The Kier molecular flexibility index (Phi) is 4.24. The SMILES string of the molecule is CCc1ccnc(C#N)c1OS(=O)(=O)c1ccc(C)cc1. The fourth-order valence-corrected chi connectivity index (χ4v) is 2.77. The second kappa shape index (κ2) is 5.94.